The van der Waals surface area contributed by atoms with Crippen LogP contribution in [-0.4, -0.2) is 42.9 Å². The number of carbonyl (C=O) groups excluding carboxylic acids is 1. The summed E-state index contributed by atoms with van der Waals surface area (Å²) in [6.07, 6.45) is 3.15. The summed E-state index contributed by atoms with van der Waals surface area (Å²) in [5.41, 5.74) is 0. The number of hydrogen-bond acceptors (Lipinski definition) is 3. The van der Waals surface area contributed by atoms with Crippen molar-refractivity contribution in [3.8, 4) is 0 Å². The van der Waals surface area contributed by atoms with Crippen LogP contribution in [0.15, 0.2) is 12.7 Å². The fourth-order valence-electron chi connectivity index (χ4n) is 2.04. The standard InChI is InChI=1S/C10H15NO3/c1-2-9(12)11-5-3-4-10(8-11)13-6-7-14-10/h2H,1,3-8H2. The monoisotopic (exact) mass is 197 g/mol. The van der Waals surface area contributed by atoms with E-state index in [0.717, 1.165) is 19.4 Å². The van der Waals surface area contributed by atoms with Crippen molar-refractivity contribution < 1.29 is 14.3 Å². The van der Waals surface area contributed by atoms with Gasteiger partial charge in [0.05, 0.1) is 19.8 Å². The van der Waals surface area contributed by atoms with Gasteiger partial charge in [0.15, 0.2) is 5.79 Å². The normalized spacial score (nSPS) is 25.3. The molecule has 1 amide bonds. The average molecular weight is 197 g/mol. The highest BCUT2D eigenvalue weighted by Crippen LogP contribution is 2.29. The molecule has 0 radical (unpaired) electrons. The summed E-state index contributed by atoms with van der Waals surface area (Å²) in [5.74, 6) is -0.556. The topological polar surface area (TPSA) is 38.8 Å². The molecule has 4 heteroatoms. The average Bonchev–Trinajstić information content (AvgIpc) is 2.65. The predicted octanol–water partition coefficient (Wildman–Crippen LogP) is 0.538. The second kappa shape index (κ2) is 3.71. The molecule has 2 aliphatic heterocycles. The molecule has 0 bridgehead atoms. The number of rotatable bonds is 1. The van der Waals surface area contributed by atoms with Gasteiger partial charge < -0.3 is 14.4 Å². The summed E-state index contributed by atoms with van der Waals surface area (Å²) < 4.78 is 11.1. The number of piperidine rings is 1. The maximum Gasteiger partial charge on any atom is 0.246 e. The molecule has 14 heavy (non-hydrogen) atoms. The lowest BCUT2D eigenvalue weighted by molar-refractivity contribution is -0.191. The van der Waals surface area contributed by atoms with Gasteiger partial charge in [0.2, 0.25) is 5.91 Å². The van der Waals surface area contributed by atoms with Crippen LogP contribution in [0.25, 0.3) is 0 Å². The van der Waals surface area contributed by atoms with Crippen molar-refractivity contribution in [1.82, 2.24) is 4.90 Å². The lowest BCUT2D eigenvalue weighted by atomic mass is 10.0. The van der Waals surface area contributed by atoms with Gasteiger partial charge in [0, 0.05) is 13.0 Å². The Morgan fingerprint density at radius 2 is 2.14 bits per heavy atom. The first kappa shape index (κ1) is 9.68. The number of carbonyl (C=O) groups is 1. The lowest BCUT2D eigenvalue weighted by Gasteiger charge is -2.38. The molecule has 1 spiro atoms. The molecule has 2 aliphatic rings. The van der Waals surface area contributed by atoms with E-state index in [1.807, 2.05) is 0 Å². The van der Waals surface area contributed by atoms with Crippen molar-refractivity contribution in [2.45, 2.75) is 18.6 Å². The van der Waals surface area contributed by atoms with Crippen LogP contribution in [0.2, 0.25) is 0 Å². The first-order valence-corrected chi connectivity index (χ1v) is 4.95. The molecule has 0 aromatic heterocycles. The third-order valence-corrected chi connectivity index (χ3v) is 2.72. The van der Waals surface area contributed by atoms with Crippen molar-refractivity contribution in [1.29, 1.82) is 0 Å². The van der Waals surface area contributed by atoms with Gasteiger partial charge in [0.1, 0.15) is 0 Å². The molecule has 0 aromatic carbocycles. The zero-order valence-corrected chi connectivity index (χ0v) is 8.20. The van der Waals surface area contributed by atoms with Crippen molar-refractivity contribution in [3.63, 3.8) is 0 Å². The predicted molar refractivity (Wildman–Crippen MR) is 50.6 cm³/mol. The fraction of sp³-hybridized carbons (Fsp3) is 0.700. The summed E-state index contributed by atoms with van der Waals surface area (Å²) in [5, 5.41) is 0. The van der Waals surface area contributed by atoms with Gasteiger partial charge in [-0.05, 0) is 12.5 Å². The van der Waals surface area contributed by atoms with Crippen LogP contribution in [0.3, 0.4) is 0 Å². The van der Waals surface area contributed by atoms with E-state index in [4.69, 9.17) is 9.47 Å². The molecule has 2 heterocycles. The molecular weight excluding hydrogens is 182 g/mol. The van der Waals surface area contributed by atoms with Crippen molar-refractivity contribution in [3.05, 3.63) is 12.7 Å². The molecule has 2 rings (SSSR count). The number of hydrogen-bond donors (Lipinski definition) is 0. The van der Waals surface area contributed by atoms with E-state index >= 15 is 0 Å². The Bertz CT molecular complexity index is 246. The van der Waals surface area contributed by atoms with E-state index in [1.165, 1.54) is 6.08 Å². The third-order valence-electron chi connectivity index (χ3n) is 2.72. The molecule has 2 saturated heterocycles. The zero-order valence-electron chi connectivity index (χ0n) is 8.20. The summed E-state index contributed by atoms with van der Waals surface area (Å²) in [4.78, 5) is 13.1. The van der Waals surface area contributed by atoms with Crippen LogP contribution in [0.1, 0.15) is 12.8 Å². The Hall–Kier alpha value is -0.870. The van der Waals surface area contributed by atoms with E-state index in [0.29, 0.717) is 19.8 Å². The molecule has 0 unspecified atom stereocenters. The minimum Gasteiger partial charge on any atom is -0.346 e. The SMILES string of the molecule is C=CC(=O)N1CCCC2(C1)OCCO2. The Kier molecular flexibility index (Phi) is 2.56. The molecule has 78 valence electrons. The largest absolute Gasteiger partial charge is 0.346 e. The number of likely N-dealkylation sites (tertiary alicyclic amines) is 1. The fourth-order valence-corrected chi connectivity index (χ4v) is 2.04. The van der Waals surface area contributed by atoms with Crippen LogP contribution < -0.4 is 0 Å². The van der Waals surface area contributed by atoms with Gasteiger partial charge in [-0.15, -0.1) is 0 Å². The van der Waals surface area contributed by atoms with Gasteiger partial charge in [-0.3, -0.25) is 4.79 Å². The Labute approximate surface area is 83.5 Å². The molecule has 4 nitrogen and oxygen atoms in total. The van der Waals surface area contributed by atoms with Gasteiger partial charge >= 0.3 is 0 Å². The lowest BCUT2D eigenvalue weighted by Crippen LogP contribution is -2.50. The first-order chi connectivity index (χ1) is 6.76. The second-order valence-corrected chi connectivity index (χ2v) is 3.68. The summed E-state index contributed by atoms with van der Waals surface area (Å²) in [6, 6.07) is 0. The number of nitrogens with zero attached hydrogens (tertiary/aromatic N) is 1. The van der Waals surface area contributed by atoms with Crippen LogP contribution in [0.4, 0.5) is 0 Å². The van der Waals surface area contributed by atoms with Crippen LogP contribution >= 0.6 is 0 Å². The molecule has 2 fully saturated rings. The van der Waals surface area contributed by atoms with E-state index in [2.05, 4.69) is 6.58 Å². The minimum absolute atomic E-state index is 0.0387. The van der Waals surface area contributed by atoms with E-state index in [1.54, 1.807) is 4.90 Å². The molecule has 0 aromatic rings. The molecule has 0 saturated carbocycles. The highest BCUT2D eigenvalue weighted by atomic mass is 16.7. The molecule has 0 atom stereocenters. The van der Waals surface area contributed by atoms with E-state index < -0.39 is 5.79 Å². The smallest absolute Gasteiger partial charge is 0.246 e. The highest BCUT2D eigenvalue weighted by Gasteiger charge is 2.41. The summed E-state index contributed by atoms with van der Waals surface area (Å²) >= 11 is 0. The Balaban J connectivity index is 2.03. The first-order valence-electron chi connectivity index (χ1n) is 4.95. The van der Waals surface area contributed by atoms with Crippen molar-refractivity contribution in [2.24, 2.45) is 0 Å². The Morgan fingerprint density at radius 3 is 2.79 bits per heavy atom. The minimum atomic E-state index is -0.517. The molecule has 0 aliphatic carbocycles. The van der Waals surface area contributed by atoms with Crippen LogP contribution in [0, 0.1) is 0 Å². The highest BCUT2D eigenvalue weighted by molar-refractivity contribution is 5.87. The maximum atomic E-state index is 11.4. The van der Waals surface area contributed by atoms with Gasteiger partial charge in [0.25, 0.3) is 0 Å². The van der Waals surface area contributed by atoms with Gasteiger partial charge in [-0.1, -0.05) is 6.58 Å². The third kappa shape index (κ3) is 1.67. The maximum absolute atomic E-state index is 11.4. The quantitative estimate of drug-likeness (QED) is 0.576. The van der Waals surface area contributed by atoms with E-state index in [9.17, 15) is 4.79 Å². The molecule has 0 N–H and O–H groups in total. The number of amides is 1. The Morgan fingerprint density at radius 1 is 1.43 bits per heavy atom. The number of ether oxygens (including phenoxy) is 2. The summed E-state index contributed by atoms with van der Waals surface area (Å²) in [7, 11) is 0. The van der Waals surface area contributed by atoms with Gasteiger partial charge in [-0.25, -0.2) is 0 Å². The van der Waals surface area contributed by atoms with E-state index in [-0.39, 0.29) is 5.91 Å². The molecular formula is C10H15NO3. The van der Waals surface area contributed by atoms with Crippen LogP contribution in [-0.2, 0) is 14.3 Å². The second-order valence-electron chi connectivity index (χ2n) is 3.68. The summed E-state index contributed by atoms with van der Waals surface area (Å²) in [6.45, 7) is 6.06. The van der Waals surface area contributed by atoms with Crippen molar-refractivity contribution >= 4 is 5.91 Å². The van der Waals surface area contributed by atoms with Gasteiger partial charge in [-0.2, -0.15) is 0 Å². The van der Waals surface area contributed by atoms with Crippen LogP contribution in [0.5, 0.6) is 0 Å². The van der Waals surface area contributed by atoms with Crippen molar-refractivity contribution in [2.75, 3.05) is 26.3 Å². The zero-order chi connectivity index (χ0) is 10.0.